The van der Waals surface area contributed by atoms with E-state index in [1.165, 1.54) is 5.70 Å². The Labute approximate surface area is 198 Å². The molecule has 2 amide bonds. The number of nitrogens with zero attached hydrogens (tertiary/aromatic N) is 2. The number of rotatable bonds is 8. The Morgan fingerprint density at radius 2 is 2.03 bits per heavy atom. The first-order valence-corrected chi connectivity index (χ1v) is 12.6. The number of aliphatic hydroxyl groups excluding tert-OH is 2. The number of hydrogen-bond donors (Lipinski definition) is 3. The average molecular weight is 476 g/mol. The van der Waals surface area contributed by atoms with Crippen molar-refractivity contribution in [2.75, 3.05) is 39.4 Å². The molecular weight excluding hydrogens is 442 g/mol. The van der Waals surface area contributed by atoms with Crippen LogP contribution in [0, 0.1) is 5.92 Å². The zero-order valence-electron chi connectivity index (χ0n) is 18.8. The standard InChI is InChI=1S/C24H33N3O5S/c28-21(23(30)25-9-8-19-6-3-15-33-19)22(29)24(31)27-10-2-7-20(27)17-4-1-5-18(16-17)26-11-13-32-14-12-26/h1,3-6,15,17,20-22,28-29H,2,7-14,16H2,(H,25,30)/t17?,20-,21-,22-/m1/s1. The molecule has 0 spiro atoms. The van der Waals surface area contributed by atoms with E-state index in [-0.39, 0.29) is 12.0 Å². The van der Waals surface area contributed by atoms with E-state index in [1.807, 2.05) is 23.6 Å². The normalized spacial score (nSPS) is 25.0. The van der Waals surface area contributed by atoms with Crippen molar-refractivity contribution in [1.29, 1.82) is 0 Å². The fraction of sp³-hybridized carbons (Fsp3) is 0.583. The minimum absolute atomic E-state index is 0.0535. The molecule has 3 N–H and O–H groups in total. The minimum Gasteiger partial charge on any atom is -0.380 e. The van der Waals surface area contributed by atoms with Gasteiger partial charge in [-0.3, -0.25) is 9.59 Å². The van der Waals surface area contributed by atoms with Crippen LogP contribution in [0.4, 0.5) is 0 Å². The van der Waals surface area contributed by atoms with Gasteiger partial charge < -0.3 is 30.1 Å². The summed E-state index contributed by atoms with van der Waals surface area (Å²) < 4.78 is 5.45. The molecule has 0 radical (unpaired) electrons. The molecule has 2 fully saturated rings. The molecule has 1 aliphatic carbocycles. The highest BCUT2D eigenvalue weighted by molar-refractivity contribution is 7.09. The third kappa shape index (κ3) is 5.84. The molecule has 0 saturated carbocycles. The zero-order chi connectivity index (χ0) is 23.2. The maximum atomic E-state index is 13.1. The summed E-state index contributed by atoms with van der Waals surface area (Å²) in [5, 5.41) is 25.4. The molecule has 33 heavy (non-hydrogen) atoms. The summed E-state index contributed by atoms with van der Waals surface area (Å²) in [6, 6.07) is 3.85. The highest BCUT2D eigenvalue weighted by atomic mass is 32.1. The summed E-state index contributed by atoms with van der Waals surface area (Å²) in [5.74, 6) is -1.16. The monoisotopic (exact) mass is 475 g/mol. The number of morpholine rings is 1. The SMILES string of the molecule is O=C(NCCc1cccs1)[C@H](O)[C@@H](O)C(=O)N1CCC[C@@H]1C1C=CC=C(N2CCOCC2)C1. The van der Waals surface area contributed by atoms with Gasteiger partial charge in [-0.25, -0.2) is 0 Å². The molecule has 9 heteroatoms. The first-order chi connectivity index (χ1) is 16.0. The van der Waals surface area contributed by atoms with Crippen molar-refractivity contribution in [1.82, 2.24) is 15.1 Å². The van der Waals surface area contributed by atoms with Gasteiger partial charge >= 0.3 is 0 Å². The largest absolute Gasteiger partial charge is 0.380 e. The number of hydrogen-bond acceptors (Lipinski definition) is 7. The third-order valence-electron chi connectivity index (χ3n) is 6.66. The lowest BCUT2D eigenvalue weighted by molar-refractivity contribution is -0.154. The van der Waals surface area contributed by atoms with Crippen molar-refractivity contribution in [3.05, 3.63) is 46.3 Å². The van der Waals surface area contributed by atoms with Gasteiger partial charge in [0, 0.05) is 48.7 Å². The van der Waals surface area contributed by atoms with E-state index in [0.29, 0.717) is 19.5 Å². The Hall–Kier alpha value is -2.20. The highest BCUT2D eigenvalue weighted by Gasteiger charge is 2.40. The number of ether oxygens (including phenoxy) is 1. The minimum atomic E-state index is -1.78. The van der Waals surface area contributed by atoms with Crippen LogP contribution in [0.3, 0.4) is 0 Å². The zero-order valence-corrected chi connectivity index (χ0v) is 19.6. The fourth-order valence-corrected chi connectivity index (χ4v) is 5.57. The predicted molar refractivity (Wildman–Crippen MR) is 126 cm³/mol. The van der Waals surface area contributed by atoms with Gasteiger partial charge in [0.25, 0.3) is 11.8 Å². The van der Waals surface area contributed by atoms with Gasteiger partial charge in [0.15, 0.2) is 12.2 Å². The number of thiophene rings is 1. The first kappa shape index (κ1) is 23.9. The molecule has 2 saturated heterocycles. The highest BCUT2D eigenvalue weighted by Crippen LogP contribution is 2.33. The average Bonchev–Trinajstić information content (AvgIpc) is 3.55. The van der Waals surface area contributed by atoms with Crippen molar-refractivity contribution in [2.45, 2.75) is 43.9 Å². The van der Waals surface area contributed by atoms with E-state index in [2.05, 4.69) is 22.4 Å². The van der Waals surface area contributed by atoms with Crippen LogP contribution in [0.25, 0.3) is 0 Å². The second-order valence-corrected chi connectivity index (χ2v) is 9.79. The van der Waals surface area contributed by atoms with Crippen LogP contribution in [-0.2, 0) is 20.7 Å². The molecule has 2 aliphatic heterocycles. The summed E-state index contributed by atoms with van der Waals surface area (Å²) in [6.07, 6.45) is 5.89. The van der Waals surface area contributed by atoms with E-state index >= 15 is 0 Å². The predicted octanol–water partition coefficient (Wildman–Crippen LogP) is 0.912. The second kappa shape index (κ2) is 11.3. The van der Waals surface area contributed by atoms with Crippen molar-refractivity contribution in [3.8, 4) is 0 Å². The molecule has 0 aromatic carbocycles. The maximum absolute atomic E-state index is 13.1. The Morgan fingerprint density at radius 1 is 1.21 bits per heavy atom. The number of carbonyl (C=O) groups excluding carboxylic acids is 2. The molecule has 4 atom stereocenters. The number of allylic oxidation sites excluding steroid dienone is 3. The quantitative estimate of drug-likeness (QED) is 0.517. The van der Waals surface area contributed by atoms with Crippen molar-refractivity contribution >= 4 is 23.2 Å². The molecule has 1 aromatic rings. The number of amides is 2. The Bertz CT molecular complexity index is 865. The lowest BCUT2D eigenvalue weighted by Gasteiger charge is -2.37. The fourth-order valence-electron chi connectivity index (χ4n) is 4.86. The van der Waals surface area contributed by atoms with Gasteiger partial charge in [-0.15, -0.1) is 11.3 Å². The number of carbonyl (C=O) groups is 2. The molecule has 3 aliphatic rings. The van der Waals surface area contributed by atoms with Gasteiger partial charge in [0.1, 0.15) is 0 Å². The van der Waals surface area contributed by atoms with Crippen molar-refractivity contribution in [3.63, 3.8) is 0 Å². The molecule has 1 aromatic heterocycles. The van der Waals surface area contributed by atoms with E-state index < -0.39 is 24.0 Å². The number of nitrogens with one attached hydrogen (secondary N) is 1. The lowest BCUT2D eigenvalue weighted by atomic mass is 9.88. The van der Waals surface area contributed by atoms with Crippen LogP contribution in [0.1, 0.15) is 24.1 Å². The van der Waals surface area contributed by atoms with Gasteiger partial charge in [0.05, 0.1) is 13.2 Å². The summed E-state index contributed by atoms with van der Waals surface area (Å²) in [5.41, 5.74) is 1.25. The first-order valence-electron chi connectivity index (χ1n) is 11.7. The summed E-state index contributed by atoms with van der Waals surface area (Å²) in [6.45, 7) is 4.04. The Balaban J connectivity index is 1.31. The maximum Gasteiger partial charge on any atom is 0.254 e. The van der Waals surface area contributed by atoms with E-state index in [4.69, 9.17) is 4.74 Å². The summed E-state index contributed by atoms with van der Waals surface area (Å²) >= 11 is 1.59. The molecule has 0 bridgehead atoms. The summed E-state index contributed by atoms with van der Waals surface area (Å²) in [7, 11) is 0. The Morgan fingerprint density at radius 3 is 2.79 bits per heavy atom. The van der Waals surface area contributed by atoms with Crippen LogP contribution >= 0.6 is 11.3 Å². The van der Waals surface area contributed by atoms with Gasteiger partial charge in [0.2, 0.25) is 0 Å². The smallest absolute Gasteiger partial charge is 0.254 e. The Kier molecular flexibility index (Phi) is 8.19. The molecule has 180 valence electrons. The molecule has 8 nitrogen and oxygen atoms in total. The van der Waals surface area contributed by atoms with Crippen LogP contribution in [0.15, 0.2) is 41.4 Å². The summed E-state index contributed by atoms with van der Waals surface area (Å²) in [4.78, 5) is 30.5. The van der Waals surface area contributed by atoms with Gasteiger partial charge in [-0.2, -0.15) is 0 Å². The van der Waals surface area contributed by atoms with E-state index in [0.717, 1.165) is 50.4 Å². The van der Waals surface area contributed by atoms with Gasteiger partial charge in [-0.1, -0.05) is 18.2 Å². The lowest BCUT2D eigenvalue weighted by Crippen LogP contribution is -2.53. The van der Waals surface area contributed by atoms with Crippen LogP contribution in [0.2, 0.25) is 0 Å². The second-order valence-electron chi connectivity index (χ2n) is 8.76. The van der Waals surface area contributed by atoms with E-state index in [9.17, 15) is 19.8 Å². The number of likely N-dealkylation sites (tertiary alicyclic amines) is 1. The number of aliphatic hydroxyl groups is 2. The van der Waals surface area contributed by atoms with Crippen LogP contribution in [-0.4, -0.2) is 89.5 Å². The van der Waals surface area contributed by atoms with Crippen LogP contribution in [0.5, 0.6) is 0 Å². The topological polar surface area (TPSA) is 102 Å². The molecular formula is C24H33N3O5S. The third-order valence-corrected chi connectivity index (χ3v) is 7.59. The molecule has 1 unspecified atom stereocenters. The molecule has 3 heterocycles. The van der Waals surface area contributed by atoms with Crippen molar-refractivity contribution in [2.24, 2.45) is 5.92 Å². The molecule has 4 rings (SSSR count). The van der Waals surface area contributed by atoms with Crippen LogP contribution < -0.4 is 5.32 Å². The van der Waals surface area contributed by atoms with E-state index in [1.54, 1.807) is 16.2 Å². The van der Waals surface area contributed by atoms with Crippen molar-refractivity contribution < 1.29 is 24.5 Å². The van der Waals surface area contributed by atoms with Gasteiger partial charge in [-0.05, 0) is 43.2 Å².